The van der Waals surface area contributed by atoms with Crippen molar-refractivity contribution in [2.24, 2.45) is 0 Å². The lowest BCUT2D eigenvalue weighted by molar-refractivity contribution is -0.117. The molecule has 0 aliphatic carbocycles. The van der Waals surface area contributed by atoms with Crippen LogP contribution >= 0.6 is 15.9 Å². The third-order valence-electron chi connectivity index (χ3n) is 2.74. The average molecular weight is 298 g/mol. The summed E-state index contributed by atoms with van der Waals surface area (Å²) in [6, 6.07) is 5.26. The van der Waals surface area contributed by atoms with Gasteiger partial charge in [0, 0.05) is 23.1 Å². The van der Waals surface area contributed by atoms with E-state index in [1.807, 2.05) is 6.07 Å². The maximum Gasteiger partial charge on any atom is 0.339 e. The number of ether oxygens (including phenoxy) is 1. The Kier molecular flexibility index (Phi) is 3.47. The first-order valence-corrected chi connectivity index (χ1v) is 6.11. The molecule has 1 aromatic rings. The number of nitrogens with zero attached hydrogens (tertiary/aromatic N) is 1. The lowest BCUT2D eigenvalue weighted by Gasteiger charge is -2.16. The third kappa shape index (κ3) is 2.34. The molecule has 17 heavy (non-hydrogen) atoms. The van der Waals surface area contributed by atoms with Crippen LogP contribution in [0.1, 0.15) is 23.2 Å². The molecule has 1 amide bonds. The molecule has 2 rings (SSSR count). The van der Waals surface area contributed by atoms with Crippen LogP contribution in [-0.4, -0.2) is 25.5 Å². The molecule has 90 valence electrons. The summed E-state index contributed by atoms with van der Waals surface area (Å²) in [7, 11) is 1.34. The molecule has 0 N–H and O–H groups in total. The topological polar surface area (TPSA) is 46.6 Å². The van der Waals surface area contributed by atoms with Crippen LogP contribution in [0.25, 0.3) is 0 Å². The van der Waals surface area contributed by atoms with Crippen molar-refractivity contribution in [3.05, 3.63) is 28.2 Å². The molecule has 0 spiro atoms. The van der Waals surface area contributed by atoms with E-state index in [1.54, 1.807) is 17.0 Å². The Balaban J connectivity index is 2.37. The maximum atomic E-state index is 11.6. The average Bonchev–Trinajstić information content (AvgIpc) is 2.75. The van der Waals surface area contributed by atoms with E-state index < -0.39 is 5.97 Å². The summed E-state index contributed by atoms with van der Waals surface area (Å²) in [5.41, 5.74) is 1.18. The zero-order chi connectivity index (χ0) is 12.4. The van der Waals surface area contributed by atoms with Crippen LogP contribution in [0, 0.1) is 0 Å². The Bertz CT molecular complexity index is 473. The van der Waals surface area contributed by atoms with E-state index in [4.69, 9.17) is 0 Å². The van der Waals surface area contributed by atoms with E-state index >= 15 is 0 Å². The number of hydrogen-bond acceptors (Lipinski definition) is 3. The Morgan fingerprint density at radius 2 is 2.24 bits per heavy atom. The molecule has 1 saturated heterocycles. The van der Waals surface area contributed by atoms with Gasteiger partial charge in [0.15, 0.2) is 0 Å². The minimum atomic E-state index is -0.412. The number of carbonyl (C=O) groups is 2. The molecule has 0 radical (unpaired) electrons. The quantitative estimate of drug-likeness (QED) is 0.787. The number of methoxy groups -OCH3 is 1. The molecule has 1 aliphatic rings. The minimum Gasteiger partial charge on any atom is -0.465 e. The molecule has 1 aliphatic heterocycles. The lowest BCUT2D eigenvalue weighted by Crippen LogP contribution is -2.24. The predicted molar refractivity (Wildman–Crippen MR) is 67.1 cm³/mol. The van der Waals surface area contributed by atoms with Gasteiger partial charge in [0.1, 0.15) is 0 Å². The highest BCUT2D eigenvalue weighted by atomic mass is 79.9. The van der Waals surface area contributed by atoms with Gasteiger partial charge in [-0.2, -0.15) is 0 Å². The summed E-state index contributed by atoms with van der Waals surface area (Å²) in [6.45, 7) is 0.709. The first-order valence-electron chi connectivity index (χ1n) is 5.31. The number of esters is 1. The standard InChI is InChI=1S/C12H12BrNO3/c1-17-12(16)9-7-8(4-5-10(9)13)14-6-2-3-11(14)15/h4-5,7H,2-3,6H2,1H3. The van der Waals surface area contributed by atoms with Crippen LogP contribution in [0.2, 0.25) is 0 Å². The van der Waals surface area contributed by atoms with Crippen molar-refractivity contribution < 1.29 is 14.3 Å². The highest BCUT2D eigenvalue weighted by Crippen LogP contribution is 2.27. The molecular weight excluding hydrogens is 286 g/mol. The van der Waals surface area contributed by atoms with Crippen LogP contribution in [0.4, 0.5) is 5.69 Å². The maximum absolute atomic E-state index is 11.6. The first-order chi connectivity index (χ1) is 8.13. The van der Waals surface area contributed by atoms with Gasteiger partial charge in [-0.3, -0.25) is 4.79 Å². The Hall–Kier alpha value is -1.36. The predicted octanol–water partition coefficient (Wildman–Crippen LogP) is 2.36. The second kappa shape index (κ2) is 4.87. The van der Waals surface area contributed by atoms with Crippen LogP contribution < -0.4 is 4.90 Å². The molecule has 1 fully saturated rings. The van der Waals surface area contributed by atoms with Crippen LogP contribution in [-0.2, 0) is 9.53 Å². The Morgan fingerprint density at radius 1 is 1.47 bits per heavy atom. The van der Waals surface area contributed by atoms with Crippen molar-refractivity contribution in [2.75, 3.05) is 18.6 Å². The number of benzene rings is 1. The van der Waals surface area contributed by atoms with Crippen molar-refractivity contribution in [3.8, 4) is 0 Å². The smallest absolute Gasteiger partial charge is 0.339 e. The number of amides is 1. The number of halogens is 1. The van der Waals surface area contributed by atoms with Gasteiger partial charge in [-0.25, -0.2) is 4.79 Å². The SMILES string of the molecule is COC(=O)c1cc(N2CCCC2=O)ccc1Br. The fourth-order valence-corrected chi connectivity index (χ4v) is 2.28. The summed E-state index contributed by atoms with van der Waals surface area (Å²) in [5.74, 6) is -0.312. The molecule has 4 nitrogen and oxygen atoms in total. The van der Waals surface area contributed by atoms with Crippen LogP contribution in [0.15, 0.2) is 22.7 Å². The van der Waals surface area contributed by atoms with E-state index in [0.717, 1.165) is 12.1 Å². The second-order valence-corrected chi connectivity index (χ2v) is 4.66. The third-order valence-corrected chi connectivity index (χ3v) is 3.43. The van der Waals surface area contributed by atoms with Crippen LogP contribution in [0.3, 0.4) is 0 Å². The van der Waals surface area contributed by atoms with Gasteiger partial charge in [-0.15, -0.1) is 0 Å². The van der Waals surface area contributed by atoms with E-state index in [-0.39, 0.29) is 5.91 Å². The fourth-order valence-electron chi connectivity index (χ4n) is 1.87. The number of carbonyl (C=O) groups excluding carboxylic acids is 2. The van der Waals surface area contributed by atoms with Gasteiger partial charge < -0.3 is 9.64 Å². The highest BCUT2D eigenvalue weighted by Gasteiger charge is 2.23. The van der Waals surface area contributed by atoms with Crippen LogP contribution in [0.5, 0.6) is 0 Å². The van der Waals surface area contributed by atoms with Crippen molar-refractivity contribution in [1.29, 1.82) is 0 Å². The summed E-state index contributed by atoms with van der Waals surface area (Å²) in [6.07, 6.45) is 1.44. The molecule has 0 atom stereocenters. The van der Waals surface area contributed by atoms with Gasteiger partial charge in [0.2, 0.25) is 5.91 Å². The number of hydrogen-bond donors (Lipinski definition) is 0. The fraction of sp³-hybridized carbons (Fsp3) is 0.333. The van der Waals surface area contributed by atoms with Gasteiger partial charge >= 0.3 is 5.97 Å². The molecule has 0 saturated carbocycles. The van der Waals surface area contributed by atoms with Crippen molar-refractivity contribution in [2.45, 2.75) is 12.8 Å². The second-order valence-electron chi connectivity index (χ2n) is 3.80. The number of anilines is 1. The summed E-state index contributed by atoms with van der Waals surface area (Å²) < 4.78 is 5.36. The molecular formula is C12H12BrNO3. The van der Waals surface area contributed by atoms with Gasteiger partial charge in [0.25, 0.3) is 0 Å². The summed E-state index contributed by atoms with van der Waals surface area (Å²) in [5, 5.41) is 0. The summed E-state index contributed by atoms with van der Waals surface area (Å²) in [4.78, 5) is 24.8. The molecule has 1 heterocycles. The monoisotopic (exact) mass is 297 g/mol. The highest BCUT2D eigenvalue weighted by molar-refractivity contribution is 9.10. The van der Waals surface area contributed by atoms with E-state index in [2.05, 4.69) is 20.7 Å². The number of rotatable bonds is 2. The Morgan fingerprint density at radius 3 is 2.82 bits per heavy atom. The molecule has 1 aromatic carbocycles. The first kappa shape index (κ1) is 12.1. The zero-order valence-electron chi connectivity index (χ0n) is 9.40. The van der Waals surface area contributed by atoms with Crippen molar-refractivity contribution in [3.63, 3.8) is 0 Å². The van der Waals surface area contributed by atoms with E-state index in [1.165, 1.54) is 7.11 Å². The van der Waals surface area contributed by atoms with E-state index in [0.29, 0.717) is 23.0 Å². The zero-order valence-corrected chi connectivity index (χ0v) is 11.0. The minimum absolute atomic E-state index is 0.100. The van der Waals surface area contributed by atoms with E-state index in [9.17, 15) is 9.59 Å². The largest absolute Gasteiger partial charge is 0.465 e. The lowest BCUT2D eigenvalue weighted by atomic mass is 10.2. The van der Waals surface area contributed by atoms with Crippen molar-refractivity contribution >= 4 is 33.5 Å². The molecule has 0 aromatic heterocycles. The normalized spacial score (nSPS) is 15.2. The molecule has 5 heteroatoms. The Labute approximate surface area is 108 Å². The summed E-state index contributed by atoms with van der Waals surface area (Å²) >= 11 is 3.29. The molecule has 0 unspecified atom stereocenters. The van der Waals surface area contributed by atoms with Gasteiger partial charge in [-0.05, 0) is 40.5 Å². The van der Waals surface area contributed by atoms with Gasteiger partial charge in [-0.1, -0.05) is 0 Å². The van der Waals surface area contributed by atoms with Crippen molar-refractivity contribution in [1.82, 2.24) is 0 Å². The van der Waals surface area contributed by atoms with Gasteiger partial charge in [0.05, 0.1) is 12.7 Å². The molecule has 0 bridgehead atoms.